The number of hydrogen-bond acceptors (Lipinski definition) is 4. The molecular weight excluding hydrogens is 342 g/mol. The third-order valence-electron chi connectivity index (χ3n) is 6.62. The third kappa shape index (κ3) is 2.07. The van der Waals surface area contributed by atoms with Crippen LogP contribution in [0.2, 0.25) is 0 Å². The van der Waals surface area contributed by atoms with E-state index in [4.69, 9.17) is 9.72 Å². The quantitative estimate of drug-likeness (QED) is 0.821. The van der Waals surface area contributed by atoms with E-state index in [0.29, 0.717) is 44.0 Å². The van der Waals surface area contributed by atoms with Gasteiger partial charge in [0.2, 0.25) is 5.91 Å². The topological polar surface area (TPSA) is 62.7 Å². The average molecular weight is 363 g/mol. The summed E-state index contributed by atoms with van der Waals surface area (Å²) in [6.45, 7) is 1.83. The molecule has 138 valence electrons. The molecule has 0 N–H and O–H groups in total. The zero-order valence-corrected chi connectivity index (χ0v) is 15.1. The van der Waals surface area contributed by atoms with Crippen LogP contribution in [-0.4, -0.2) is 58.1 Å². The maximum Gasteiger partial charge on any atom is 0.255 e. The number of para-hydroxylation sites is 1. The molecule has 0 bridgehead atoms. The first kappa shape index (κ1) is 15.6. The highest BCUT2D eigenvalue weighted by Crippen LogP contribution is 2.46. The Morgan fingerprint density at radius 3 is 2.93 bits per heavy atom. The van der Waals surface area contributed by atoms with Gasteiger partial charge in [0, 0.05) is 36.5 Å². The molecule has 3 aliphatic heterocycles. The SMILES string of the molecule is O=C(c1cc(C2CC2)nc2ccccc12)N1CC[C@@]23OCCN2C(=O)C[C@@H]13. The first-order valence-corrected chi connectivity index (χ1v) is 9.82. The molecule has 1 spiro atoms. The third-order valence-corrected chi connectivity index (χ3v) is 6.62. The van der Waals surface area contributed by atoms with Gasteiger partial charge in [0.15, 0.2) is 5.72 Å². The molecule has 6 rings (SSSR count). The second-order valence-electron chi connectivity index (χ2n) is 8.09. The fraction of sp³-hybridized carbons (Fsp3) is 0.476. The van der Waals surface area contributed by atoms with Crippen LogP contribution in [0.5, 0.6) is 0 Å². The molecule has 0 unspecified atom stereocenters. The fourth-order valence-corrected chi connectivity index (χ4v) is 5.15. The van der Waals surface area contributed by atoms with Gasteiger partial charge in [-0.15, -0.1) is 0 Å². The number of amides is 2. The molecule has 4 aliphatic rings. The number of carbonyl (C=O) groups is 2. The van der Waals surface area contributed by atoms with Crippen molar-refractivity contribution in [1.29, 1.82) is 0 Å². The molecule has 2 amide bonds. The van der Waals surface area contributed by atoms with Crippen molar-refractivity contribution >= 4 is 22.7 Å². The van der Waals surface area contributed by atoms with Crippen LogP contribution in [0.1, 0.15) is 47.7 Å². The van der Waals surface area contributed by atoms with E-state index in [1.165, 1.54) is 0 Å². The highest BCUT2D eigenvalue weighted by molar-refractivity contribution is 6.07. The first-order valence-electron chi connectivity index (χ1n) is 9.82. The van der Waals surface area contributed by atoms with Crippen LogP contribution < -0.4 is 0 Å². The first-order chi connectivity index (χ1) is 13.2. The molecule has 6 nitrogen and oxygen atoms in total. The number of aromatic nitrogens is 1. The van der Waals surface area contributed by atoms with Crippen LogP contribution in [-0.2, 0) is 9.53 Å². The largest absolute Gasteiger partial charge is 0.351 e. The average Bonchev–Trinajstić information content (AvgIpc) is 3.28. The molecular formula is C21H21N3O3. The highest BCUT2D eigenvalue weighted by atomic mass is 16.5. The van der Waals surface area contributed by atoms with Crippen molar-refractivity contribution in [3.63, 3.8) is 0 Å². The predicted octanol–water partition coefficient (Wildman–Crippen LogP) is 2.29. The molecule has 3 saturated heterocycles. The summed E-state index contributed by atoms with van der Waals surface area (Å²) < 4.78 is 6.03. The van der Waals surface area contributed by atoms with Crippen molar-refractivity contribution in [2.45, 2.75) is 43.4 Å². The van der Waals surface area contributed by atoms with E-state index in [0.717, 1.165) is 29.4 Å². The molecule has 1 saturated carbocycles. The van der Waals surface area contributed by atoms with Gasteiger partial charge in [0.1, 0.15) is 0 Å². The van der Waals surface area contributed by atoms with Gasteiger partial charge in [-0.1, -0.05) is 18.2 Å². The minimum absolute atomic E-state index is 0.00234. The van der Waals surface area contributed by atoms with Crippen molar-refractivity contribution in [1.82, 2.24) is 14.8 Å². The van der Waals surface area contributed by atoms with Crippen LogP contribution >= 0.6 is 0 Å². The lowest BCUT2D eigenvalue weighted by molar-refractivity contribution is -0.136. The monoisotopic (exact) mass is 363 g/mol. The summed E-state index contributed by atoms with van der Waals surface area (Å²) in [6.07, 6.45) is 3.36. The Morgan fingerprint density at radius 2 is 2.07 bits per heavy atom. The molecule has 2 aromatic rings. The predicted molar refractivity (Wildman–Crippen MR) is 98.2 cm³/mol. The van der Waals surface area contributed by atoms with Gasteiger partial charge in [-0.2, -0.15) is 0 Å². The maximum absolute atomic E-state index is 13.6. The Kier molecular flexibility index (Phi) is 3.05. The molecule has 0 radical (unpaired) electrons. The van der Waals surface area contributed by atoms with E-state index in [1.807, 2.05) is 40.1 Å². The van der Waals surface area contributed by atoms with Gasteiger partial charge in [0.25, 0.3) is 5.91 Å². The van der Waals surface area contributed by atoms with Crippen LogP contribution in [0.4, 0.5) is 0 Å². The summed E-state index contributed by atoms with van der Waals surface area (Å²) in [5, 5.41) is 0.890. The fourth-order valence-electron chi connectivity index (χ4n) is 5.15. The van der Waals surface area contributed by atoms with Crippen molar-refractivity contribution in [2.24, 2.45) is 0 Å². The second-order valence-corrected chi connectivity index (χ2v) is 8.09. The van der Waals surface area contributed by atoms with Crippen molar-refractivity contribution in [2.75, 3.05) is 19.7 Å². The Balaban J connectivity index is 1.43. The highest BCUT2D eigenvalue weighted by Gasteiger charge is 2.63. The van der Waals surface area contributed by atoms with E-state index in [-0.39, 0.29) is 17.9 Å². The summed E-state index contributed by atoms with van der Waals surface area (Å²) in [5.41, 5.74) is 2.02. The Morgan fingerprint density at radius 1 is 1.22 bits per heavy atom. The van der Waals surface area contributed by atoms with Crippen molar-refractivity contribution < 1.29 is 14.3 Å². The van der Waals surface area contributed by atoms with Crippen LogP contribution in [0.15, 0.2) is 30.3 Å². The zero-order valence-electron chi connectivity index (χ0n) is 15.1. The van der Waals surface area contributed by atoms with E-state index in [9.17, 15) is 9.59 Å². The summed E-state index contributed by atoms with van der Waals surface area (Å²) in [4.78, 5) is 34.5. The van der Waals surface area contributed by atoms with Gasteiger partial charge >= 0.3 is 0 Å². The molecule has 1 aliphatic carbocycles. The van der Waals surface area contributed by atoms with Crippen molar-refractivity contribution in [3.05, 3.63) is 41.6 Å². The number of benzene rings is 1. The number of carbonyl (C=O) groups excluding carboxylic acids is 2. The Labute approximate surface area is 157 Å². The number of ether oxygens (including phenoxy) is 1. The molecule has 4 heterocycles. The zero-order chi connectivity index (χ0) is 18.2. The molecule has 6 heteroatoms. The van der Waals surface area contributed by atoms with Gasteiger partial charge in [-0.25, -0.2) is 0 Å². The summed E-state index contributed by atoms with van der Waals surface area (Å²) in [7, 11) is 0. The van der Waals surface area contributed by atoms with E-state index in [1.54, 1.807) is 0 Å². The van der Waals surface area contributed by atoms with Crippen molar-refractivity contribution in [3.8, 4) is 0 Å². The smallest absolute Gasteiger partial charge is 0.255 e. The minimum atomic E-state index is -0.588. The number of pyridine rings is 1. The molecule has 1 aromatic carbocycles. The van der Waals surface area contributed by atoms with Gasteiger partial charge < -0.3 is 14.5 Å². The minimum Gasteiger partial charge on any atom is -0.351 e. The lowest BCUT2D eigenvalue weighted by Crippen LogP contribution is -2.48. The van der Waals surface area contributed by atoms with Crippen LogP contribution in [0.25, 0.3) is 10.9 Å². The maximum atomic E-state index is 13.6. The summed E-state index contributed by atoms with van der Waals surface area (Å²) in [5.74, 6) is 0.587. The number of hydrogen-bond donors (Lipinski definition) is 0. The van der Waals surface area contributed by atoms with E-state index >= 15 is 0 Å². The Hall–Kier alpha value is -2.47. The Bertz CT molecular complexity index is 986. The van der Waals surface area contributed by atoms with Crippen LogP contribution in [0, 0.1) is 0 Å². The van der Waals surface area contributed by atoms with Crippen LogP contribution in [0.3, 0.4) is 0 Å². The number of likely N-dealkylation sites (tertiary alicyclic amines) is 1. The summed E-state index contributed by atoms with van der Waals surface area (Å²) in [6, 6.07) is 9.66. The number of nitrogens with zero attached hydrogens (tertiary/aromatic N) is 3. The summed E-state index contributed by atoms with van der Waals surface area (Å²) >= 11 is 0. The standard InChI is InChI=1S/C21H21N3O3/c25-19-12-18-21(24(19)9-10-27-21)7-8-23(18)20(26)15-11-17(13-5-6-13)22-16-4-2-1-3-14(15)16/h1-4,11,13,18H,5-10,12H2/t18-,21+/m1/s1. The molecule has 4 fully saturated rings. The molecule has 1 aromatic heterocycles. The van der Waals surface area contributed by atoms with E-state index < -0.39 is 5.72 Å². The second kappa shape index (κ2) is 5.29. The lowest BCUT2D eigenvalue weighted by atomic mass is 10.0. The van der Waals surface area contributed by atoms with Gasteiger partial charge in [0.05, 0.1) is 30.1 Å². The van der Waals surface area contributed by atoms with E-state index in [2.05, 4.69) is 0 Å². The normalized spacial score (nSPS) is 29.5. The lowest BCUT2D eigenvalue weighted by Gasteiger charge is -2.31. The van der Waals surface area contributed by atoms with Gasteiger partial charge in [-0.3, -0.25) is 14.6 Å². The molecule has 27 heavy (non-hydrogen) atoms. The number of fused-ring (bicyclic) bond motifs is 1. The molecule has 2 atom stereocenters. The number of rotatable bonds is 2. The van der Waals surface area contributed by atoms with Gasteiger partial charge in [-0.05, 0) is 25.0 Å².